The second-order valence-electron chi connectivity index (χ2n) is 3.62. The SMILES string of the molecule is Cn1cc(O)nc1NC(=O)Nc1cccc(Br)c1. The highest BCUT2D eigenvalue weighted by Crippen LogP contribution is 2.16. The summed E-state index contributed by atoms with van der Waals surface area (Å²) in [6.07, 6.45) is 1.40. The van der Waals surface area contributed by atoms with E-state index in [1.54, 1.807) is 19.2 Å². The fourth-order valence-corrected chi connectivity index (χ4v) is 1.80. The Bertz CT molecular complexity index is 582. The lowest BCUT2D eigenvalue weighted by Gasteiger charge is -2.07. The average Bonchev–Trinajstić information content (AvgIpc) is 2.57. The maximum Gasteiger partial charge on any atom is 0.326 e. The number of carbonyl (C=O) groups excluding carboxylic acids is 1. The molecule has 1 aromatic heterocycles. The highest BCUT2D eigenvalue weighted by Gasteiger charge is 2.08. The highest BCUT2D eigenvalue weighted by molar-refractivity contribution is 9.10. The van der Waals surface area contributed by atoms with Crippen molar-refractivity contribution < 1.29 is 9.90 Å². The summed E-state index contributed by atoms with van der Waals surface area (Å²) >= 11 is 3.31. The van der Waals surface area contributed by atoms with Gasteiger partial charge in [-0.1, -0.05) is 22.0 Å². The fraction of sp³-hybridized carbons (Fsp3) is 0.0909. The molecule has 0 spiro atoms. The van der Waals surface area contributed by atoms with Crippen LogP contribution in [-0.2, 0) is 7.05 Å². The van der Waals surface area contributed by atoms with E-state index in [-0.39, 0.29) is 11.8 Å². The normalized spacial score (nSPS) is 10.1. The van der Waals surface area contributed by atoms with Crippen LogP contribution < -0.4 is 10.6 Å². The minimum Gasteiger partial charge on any atom is -0.492 e. The van der Waals surface area contributed by atoms with Crippen molar-refractivity contribution >= 4 is 33.6 Å². The van der Waals surface area contributed by atoms with Gasteiger partial charge in [0.05, 0.1) is 6.20 Å². The van der Waals surface area contributed by atoms with E-state index in [2.05, 4.69) is 31.5 Å². The minimum atomic E-state index is -0.429. The average molecular weight is 311 g/mol. The number of nitrogens with zero attached hydrogens (tertiary/aromatic N) is 2. The van der Waals surface area contributed by atoms with Crippen molar-refractivity contribution in [3.05, 3.63) is 34.9 Å². The molecule has 2 aromatic rings. The number of hydrogen-bond donors (Lipinski definition) is 3. The Kier molecular flexibility index (Phi) is 3.52. The number of hydrogen-bond acceptors (Lipinski definition) is 3. The number of halogens is 1. The van der Waals surface area contributed by atoms with Crippen LogP contribution in [0, 0.1) is 0 Å². The summed E-state index contributed by atoms with van der Waals surface area (Å²) in [5.41, 5.74) is 0.653. The lowest BCUT2D eigenvalue weighted by molar-refractivity contribution is 0.262. The first-order chi connectivity index (χ1) is 8.54. The van der Waals surface area contributed by atoms with E-state index < -0.39 is 6.03 Å². The molecule has 2 amide bonds. The van der Waals surface area contributed by atoms with E-state index in [1.165, 1.54) is 10.8 Å². The van der Waals surface area contributed by atoms with E-state index in [1.807, 2.05) is 12.1 Å². The second-order valence-corrected chi connectivity index (χ2v) is 4.54. The Balaban J connectivity index is 2.03. The lowest BCUT2D eigenvalue weighted by atomic mass is 10.3. The molecule has 2 rings (SSSR count). The molecular weight excluding hydrogens is 300 g/mol. The zero-order valence-corrected chi connectivity index (χ0v) is 11.1. The minimum absolute atomic E-state index is 0.143. The first-order valence-corrected chi connectivity index (χ1v) is 5.90. The first kappa shape index (κ1) is 12.4. The van der Waals surface area contributed by atoms with Crippen molar-refractivity contribution in [2.24, 2.45) is 7.05 Å². The Hall–Kier alpha value is -2.02. The van der Waals surface area contributed by atoms with Crippen LogP contribution in [0.15, 0.2) is 34.9 Å². The third-order valence-corrected chi connectivity index (χ3v) is 2.66. The van der Waals surface area contributed by atoms with Gasteiger partial charge < -0.3 is 15.0 Å². The van der Waals surface area contributed by atoms with Crippen LogP contribution in [0.5, 0.6) is 5.88 Å². The molecule has 0 aliphatic carbocycles. The third-order valence-electron chi connectivity index (χ3n) is 2.17. The number of urea groups is 1. The zero-order chi connectivity index (χ0) is 13.1. The van der Waals surface area contributed by atoms with Gasteiger partial charge in [0, 0.05) is 17.2 Å². The van der Waals surface area contributed by atoms with Crippen LogP contribution in [0.3, 0.4) is 0 Å². The zero-order valence-electron chi connectivity index (χ0n) is 9.51. The van der Waals surface area contributed by atoms with E-state index in [9.17, 15) is 4.79 Å². The van der Waals surface area contributed by atoms with Crippen LogP contribution in [0.1, 0.15) is 0 Å². The van der Waals surface area contributed by atoms with Crippen LogP contribution in [-0.4, -0.2) is 20.7 Å². The molecule has 7 heteroatoms. The Morgan fingerprint density at radius 3 is 2.83 bits per heavy atom. The number of benzene rings is 1. The summed E-state index contributed by atoms with van der Waals surface area (Å²) in [7, 11) is 1.67. The number of aryl methyl sites for hydroxylation is 1. The quantitative estimate of drug-likeness (QED) is 0.797. The molecule has 6 nitrogen and oxygen atoms in total. The predicted molar refractivity (Wildman–Crippen MR) is 71.7 cm³/mol. The molecule has 0 unspecified atom stereocenters. The van der Waals surface area contributed by atoms with Crippen molar-refractivity contribution in [3.63, 3.8) is 0 Å². The van der Waals surface area contributed by atoms with Gasteiger partial charge >= 0.3 is 6.03 Å². The van der Waals surface area contributed by atoms with Crippen molar-refractivity contribution in [3.8, 4) is 5.88 Å². The highest BCUT2D eigenvalue weighted by atomic mass is 79.9. The number of amides is 2. The third kappa shape index (κ3) is 3.01. The van der Waals surface area contributed by atoms with E-state index in [0.717, 1.165) is 4.47 Å². The number of aromatic nitrogens is 2. The number of imidazole rings is 1. The predicted octanol–water partition coefficient (Wildman–Crippen LogP) is 2.53. The summed E-state index contributed by atoms with van der Waals surface area (Å²) in [5, 5.41) is 14.3. The lowest BCUT2D eigenvalue weighted by Crippen LogP contribution is -2.21. The maximum absolute atomic E-state index is 11.7. The van der Waals surface area contributed by atoms with Crippen LogP contribution in [0.4, 0.5) is 16.4 Å². The molecule has 3 N–H and O–H groups in total. The van der Waals surface area contributed by atoms with Crippen molar-refractivity contribution in [2.45, 2.75) is 0 Å². The van der Waals surface area contributed by atoms with E-state index in [0.29, 0.717) is 5.69 Å². The summed E-state index contributed by atoms with van der Waals surface area (Å²) in [6.45, 7) is 0. The van der Waals surface area contributed by atoms with Gasteiger partial charge in [0.1, 0.15) is 0 Å². The molecule has 0 atom stereocenters. The number of nitrogens with one attached hydrogen (secondary N) is 2. The Morgan fingerprint density at radius 1 is 1.44 bits per heavy atom. The molecule has 1 aromatic carbocycles. The van der Waals surface area contributed by atoms with Gasteiger partial charge in [-0.3, -0.25) is 5.32 Å². The van der Waals surface area contributed by atoms with Crippen LogP contribution in [0.25, 0.3) is 0 Å². The standard InChI is InChI=1S/C11H11BrN4O2/c1-16-6-9(17)14-10(16)15-11(18)13-8-4-2-3-7(12)5-8/h2-6,17H,1H3,(H2,13,14,15,18). The van der Waals surface area contributed by atoms with Gasteiger partial charge in [-0.05, 0) is 18.2 Å². The maximum atomic E-state index is 11.7. The largest absolute Gasteiger partial charge is 0.492 e. The van der Waals surface area contributed by atoms with Gasteiger partial charge in [-0.2, -0.15) is 4.98 Å². The number of aromatic hydroxyl groups is 1. The van der Waals surface area contributed by atoms with Gasteiger partial charge in [-0.25, -0.2) is 4.79 Å². The molecule has 0 fully saturated rings. The molecule has 0 bridgehead atoms. The van der Waals surface area contributed by atoms with Gasteiger partial charge in [0.2, 0.25) is 11.8 Å². The van der Waals surface area contributed by atoms with Crippen molar-refractivity contribution in [1.29, 1.82) is 0 Å². The molecule has 0 saturated heterocycles. The van der Waals surface area contributed by atoms with Gasteiger partial charge in [0.15, 0.2) is 0 Å². The summed E-state index contributed by atoms with van der Waals surface area (Å²) in [5.74, 6) is 0.121. The van der Waals surface area contributed by atoms with Crippen molar-refractivity contribution in [2.75, 3.05) is 10.6 Å². The summed E-state index contributed by atoms with van der Waals surface area (Å²) < 4.78 is 2.38. The van der Waals surface area contributed by atoms with Gasteiger partial charge in [-0.15, -0.1) is 0 Å². The molecule has 18 heavy (non-hydrogen) atoms. The molecule has 1 heterocycles. The summed E-state index contributed by atoms with van der Waals surface area (Å²) in [6, 6.07) is 6.78. The number of rotatable bonds is 2. The van der Waals surface area contributed by atoms with Crippen molar-refractivity contribution in [1.82, 2.24) is 9.55 Å². The van der Waals surface area contributed by atoms with Crippen LogP contribution in [0.2, 0.25) is 0 Å². The topological polar surface area (TPSA) is 79.2 Å². The number of anilines is 2. The molecule has 0 radical (unpaired) electrons. The molecule has 0 aliphatic rings. The molecule has 0 saturated carbocycles. The Morgan fingerprint density at radius 2 is 2.22 bits per heavy atom. The molecule has 94 valence electrons. The molecular formula is C11H11BrN4O2. The molecule has 0 aliphatic heterocycles. The van der Waals surface area contributed by atoms with E-state index in [4.69, 9.17) is 5.11 Å². The monoisotopic (exact) mass is 310 g/mol. The van der Waals surface area contributed by atoms with Crippen LogP contribution >= 0.6 is 15.9 Å². The second kappa shape index (κ2) is 5.09. The van der Waals surface area contributed by atoms with Gasteiger partial charge in [0.25, 0.3) is 0 Å². The Labute approximate surface area is 112 Å². The first-order valence-electron chi connectivity index (χ1n) is 5.10. The smallest absolute Gasteiger partial charge is 0.326 e. The van der Waals surface area contributed by atoms with E-state index >= 15 is 0 Å². The number of carbonyl (C=O) groups is 1. The summed E-state index contributed by atoms with van der Waals surface area (Å²) in [4.78, 5) is 15.4. The fourth-order valence-electron chi connectivity index (χ4n) is 1.40.